The molecule has 0 atom stereocenters. The first-order valence-electron chi connectivity index (χ1n) is 8.91. The lowest BCUT2D eigenvalue weighted by Gasteiger charge is -2.34. The van der Waals surface area contributed by atoms with Crippen LogP contribution in [0.3, 0.4) is 0 Å². The standard InChI is InChI=1S/C17H23Cl2N3O4S/c18-14-2-1-3-15(17(14)19)27(24,25)22-8-6-20(7-9-22)5-4-16(23)21-10-12-26-13-11-21/h1-3H,4-13H2. The van der Waals surface area contributed by atoms with E-state index in [4.69, 9.17) is 27.9 Å². The zero-order chi connectivity index (χ0) is 19.4. The topological polar surface area (TPSA) is 70.2 Å². The van der Waals surface area contributed by atoms with Gasteiger partial charge in [-0.2, -0.15) is 4.31 Å². The van der Waals surface area contributed by atoms with E-state index in [1.54, 1.807) is 12.1 Å². The van der Waals surface area contributed by atoms with E-state index in [-0.39, 0.29) is 20.8 Å². The minimum Gasteiger partial charge on any atom is -0.378 e. The van der Waals surface area contributed by atoms with Gasteiger partial charge in [-0.1, -0.05) is 29.3 Å². The van der Waals surface area contributed by atoms with Gasteiger partial charge in [0.2, 0.25) is 15.9 Å². The number of sulfonamides is 1. The second kappa shape index (κ2) is 9.07. The van der Waals surface area contributed by atoms with E-state index in [1.807, 2.05) is 4.90 Å². The summed E-state index contributed by atoms with van der Waals surface area (Å²) in [5.74, 6) is 0.124. The molecule has 27 heavy (non-hydrogen) atoms. The van der Waals surface area contributed by atoms with Gasteiger partial charge >= 0.3 is 0 Å². The van der Waals surface area contributed by atoms with Crippen LogP contribution in [0, 0.1) is 0 Å². The van der Waals surface area contributed by atoms with Crippen molar-refractivity contribution in [2.45, 2.75) is 11.3 Å². The number of benzene rings is 1. The highest BCUT2D eigenvalue weighted by Gasteiger charge is 2.30. The van der Waals surface area contributed by atoms with Crippen LogP contribution in [0.4, 0.5) is 0 Å². The molecule has 0 saturated carbocycles. The van der Waals surface area contributed by atoms with Gasteiger partial charge in [-0.05, 0) is 12.1 Å². The molecule has 1 aromatic rings. The second-order valence-electron chi connectivity index (χ2n) is 6.54. The molecule has 0 aliphatic carbocycles. The van der Waals surface area contributed by atoms with Gasteiger partial charge in [-0.25, -0.2) is 8.42 Å². The summed E-state index contributed by atoms with van der Waals surface area (Å²) in [7, 11) is -3.69. The van der Waals surface area contributed by atoms with E-state index < -0.39 is 10.0 Å². The quantitative estimate of drug-likeness (QED) is 0.701. The van der Waals surface area contributed by atoms with E-state index in [2.05, 4.69) is 4.90 Å². The van der Waals surface area contributed by atoms with E-state index >= 15 is 0 Å². The summed E-state index contributed by atoms with van der Waals surface area (Å²) in [4.78, 5) is 16.2. The van der Waals surface area contributed by atoms with Crippen molar-refractivity contribution in [2.24, 2.45) is 0 Å². The number of carbonyl (C=O) groups is 1. The smallest absolute Gasteiger partial charge is 0.244 e. The lowest BCUT2D eigenvalue weighted by molar-refractivity contribution is -0.135. The Hall–Kier alpha value is -0.900. The summed E-state index contributed by atoms with van der Waals surface area (Å²) in [5.41, 5.74) is 0. The zero-order valence-electron chi connectivity index (χ0n) is 14.9. The first kappa shape index (κ1) is 20.8. The van der Waals surface area contributed by atoms with E-state index in [9.17, 15) is 13.2 Å². The number of carbonyl (C=O) groups excluding carboxylic acids is 1. The second-order valence-corrected chi connectivity index (χ2v) is 9.23. The summed E-state index contributed by atoms with van der Waals surface area (Å²) < 4.78 is 32.3. The maximum atomic E-state index is 12.8. The van der Waals surface area contributed by atoms with Crippen molar-refractivity contribution in [3.63, 3.8) is 0 Å². The van der Waals surface area contributed by atoms with Gasteiger partial charge in [0.1, 0.15) is 4.90 Å². The molecule has 3 rings (SSSR count). The summed E-state index contributed by atoms with van der Waals surface area (Å²) in [6.07, 6.45) is 0.437. The predicted octanol–water partition coefficient (Wildman–Crippen LogP) is 1.55. The fraction of sp³-hybridized carbons (Fsp3) is 0.588. The Labute approximate surface area is 169 Å². The Kier molecular flexibility index (Phi) is 6.99. The number of hydrogen-bond donors (Lipinski definition) is 0. The maximum Gasteiger partial charge on any atom is 0.244 e. The third kappa shape index (κ3) is 4.93. The fourth-order valence-corrected chi connectivity index (χ4v) is 5.40. The Bertz CT molecular complexity index is 776. The van der Waals surface area contributed by atoms with Crippen LogP contribution < -0.4 is 0 Å². The first-order chi connectivity index (χ1) is 12.9. The zero-order valence-corrected chi connectivity index (χ0v) is 17.3. The Morgan fingerprint density at radius 2 is 1.70 bits per heavy atom. The van der Waals surface area contributed by atoms with Crippen LogP contribution in [0.1, 0.15) is 6.42 Å². The van der Waals surface area contributed by atoms with Crippen molar-refractivity contribution >= 4 is 39.1 Å². The van der Waals surface area contributed by atoms with Crippen molar-refractivity contribution < 1.29 is 17.9 Å². The SMILES string of the molecule is O=C(CCN1CCN(S(=O)(=O)c2cccc(Cl)c2Cl)CC1)N1CCOCC1. The molecule has 0 radical (unpaired) electrons. The molecule has 1 aromatic carbocycles. The number of ether oxygens (including phenoxy) is 1. The van der Waals surface area contributed by atoms with E-state index in [0.717, 1.165) is 0 Å². The van der Waals surface area contributed by atoms with Crippen molar-refractivity contribution in [1.29, 1.82) is 0 Å². The molecule has 2 fully saturated rings. The molecule has 150 valence electrons. The minimum absolute atomic E-state index is 0.0348. The molecule has 0 aromatic heterocycles. The third-order valence-corrected chi connectivity index (χ3v) is 7.74. The van der Waals surface area contributed by atoms with Crippen molar-refractivity contribution in [3.8, 4) is 0 Å². The molecule has 2 saturated heterocycles. The van der Waals surface area contributed by atoms with Gasteiger partial charge in [0.15, 0.2) is 0 Å². The number of morpholine rings is 1. The number of rotatable bonds is 5. The average molecular weight is 436 g/mol. The molecule has 0 N–H and O–H groups in total. The molecule has 2 aliphatic heterocycles. The largest absolute Gasteiger partial charge is 0.378 e. The van der Waals surface area contributed by atoms with Crippen molar-refractivity contribution in [1.82, 2.24) is 14.1 Å². The van der Waals surface area contributed by atoms with Crippen molar-refractivity contribution in [3.05, 3.63) is 28.2 Å². The monoisotopic (exact) mass is 435 g/mol. The summed E-state index contributed by atoms with van der Waals surface area (Å²) in [5, 5.41) is 0.274. The van der Waals surface area contributed by atoms with Gasteiger partial charge in [0.05, 0.1) is 23.3 Å². The third-order valence-electron chi connectivity index (χ3n) is 4.87. The molecule has 2 aliphatic rings. The lowest BCUT2D eigenvalue weighted by atomic mass is 10.3. The van der Waals surface area contributed by atoms with Gasteiger partial charge < -0.3 is 14.5 Å². The Morgan fingerprint density at radius 3 is 2.37 bits per heavy atom. The number of halogens is 2. The van der Waals surface area contributed by atoms with Crippen LogP contribution >= 0.6 is 23.2 Å². The van der Waals surface area contributed by atoms with Crippen LogP contribution in [0.15, 0.2) is 23.1 Å². The van der Waals surface area contributed by atoms with E-state index in [0.29, 0.717) is 65.4 Å². The Balaban J connectivity index is 1.52. The molecular formula is C17H23Cl2N3O4S. The number of nitrogens with zero attached hydrogens (tertiary/aromatic N) is 3. The molecule has 0 spiro atoms. The molecule has 10 heteroatoms. The molecule has 0 bridgehead atoms. The summed E-state index contributed by atoms with van der Waals surface area (Å²) in [6, 6.07) is 4.61. The average Bonchev–Trinajstić information content (AvgIpc) is 2.69. The van der Waals surface area contributed by atoms with Gasteiger partial charge in [0.25, 0.3) is 0 Å². The molecular weight excluding hydrogens is 413 g/mol. The molecule has 7 nitrogen and oxygen atoms in total. The lowest BCUT2D eigenvalue weighted by Crippen LogP contribution is -2.49. The summed E-state index contributed by atoms with van der Waals surface area (Å²) >= 11 is 12.0. The minimum atomic E-state index is -3.69. The summed E-state index contributed by atoms with van der Waals surface area (Å²) in [6.45, 7) is 4.97. The van der Waals surface area contributed by atoms with Crippen LogP contribution in [-0.4, -0.2) is 87.5 Å². The highest BCUT2D eigenvalue weighted by Crippen LogP contribution is 2.31. The maximum absolute atomic E-state index is 12.8. The number of amides is 1. The van der Waals surface area contributed by atoms with Gasteiger partial charge in [-0.15, -0.1) is 0 Å². The molecule has 0 unspecified atom stereocenters. The highest BCUT2D eigenvalue weighted by atomic mass is 35.5. The van der Waals surface area contributed by atoms with E-state index in [1.165, 1.54) is 10.4 Å². The highest BCUT2D eigenvalue weighted by molar-refractivity contribution is 7.89. The van der Waals surface area contributed by atoms with Crippen LogP contribution in [0.25, 0.3) is 0 Å². The van der Waals surface area contributed by atoms with Gasteiger partial charge in [0, 0.05) is 52.2 Å². The molecule has 2 heterocycles. The molecule has 1 amide bonds. The number of hydrogen-bond acceptors (Lipinski definition) is 5. The van der Waals surface area contributed by atoms with Crippen molar-refractivity contribution in [2.75, 3.05) is 59.0 Å². The van der Waals surface area contributed by atoms with Crippen LogP contribution in [0.2, 0.25) is 10.0 Å². The van der Waals surface area contributed by atoms with Crippen LogP contribution in [-0.2, 0) is 19.6 Å². The Morgan fingerprint density at radius 1 is 1.04 bits per heavy atom. The normalized spacial score (nSPS) is 20.0. The fourth-order valence-electron chi connectivity index (χ4n) is 3.24. The van der Waals surface area contributed by atoms with Crippen LogP contribution in [0.5, 0.6) is 0 Å². The predicted molar refractivity (Wildman–Crippen MR) is 104 cm³/mol. The number of piperazine rings is 1. The first-order valence-corrected chi connectivity index (χ1v) is 11.1. The van der Waals surface area contributed by atoms with Gasteiger partial charge in [-0.3, -0.25) is 4.79 Å².